The highest BCUT2D eigenvalue weighted by atomic mass is 16.6. The molecule has 0 radical (unpaired) electrons. The predicted molar refractivity (Wildman–Crippen MR) is 106 cm³/mol. The molecule has 0 saturated carbocycles. The molecular formula is C20H24N3O5+. The first-order chi connectivity index (χ1) is 13.4. The molecule has 2 aromatic carbocycles. The van der Waals surface area contributed by atoms with E-state index in [1.54, 1.807) is 12.1 Å². The number of methoxy groups -OCH3 is 1. The van der Waals surface area contributed by atoms with E-state index in [1.165, 1.54) is 19.2 Å². The molecule has 28 heavy (non-hydrogen) atoms. The molecule has 0 aliphatic carbocycles. The average Bonchev–Trinajstić information content (AvgIpc) is 2.67. The molecule has 1 amide bonds. The maximum Gasteiger partial charge on any atom is 0.296 e. The molecule has 0 fully saturated rings. The van der Waals surface area contributed by atoms with Crippen molar-refractivity contribution in [2.75, 3.05) is 32.6 Å². The van der Waals surface area contributed by atoms with Crippen LogP contribution in [0.3, 0.4) is 0 Å². The van der Waals surface area contributed by atoms with Gasteiger partial charge in [0, 0.05) is 5.56 Å². The number of likely N-dealkylation sites (N-methyl/N-ethyl adjacent to an activating group) is 1. The summed E-state index contributed by atoms with van der Waals surface area (Å²) in [6, 6.07) is 11.9. The summed E-state index contributed by atoms with van der Waals surface area (Å²) in [4.78, 5) is 23.9. The lowest BCUT2D eigenvalue weighted by Gasteiger charge is -2.14. The lowest BCUT2D eigenvalue weighted by molar-refractivity contribution is -0.885. The molecule has 1 unspecified atom stereocenters. The minimum Gasteiger partial charge on any atom is -0.496 e. The van der Waals surface area contributed by atoms with Gasteiger partial charge in [0.25, 0.3) is 11.6 Å². The molecule has 2 aromatic rings. The van der Waals surface area contributed by atoms with Crippen LogP contribution in [0.5, 0.6) is 11.5 Å². The van der Waals surface area contributed by atoms with E-state index in [1.807, 2.05) is 31.3 Å². The van der Waals surface area contributed by atoms with Crippen LogP contribution in [0.1, 0.15) is 5.56 Å². The number of hydrogen-bond acceptors (Lipinski definition) is 5. The molecule has 0 bridgehead atoms. The number of nitro groups is 1. The van der Waals surface area contributed by atoms with E-state index in [2.05, 4.69) is 11.9 Å². The number of hydrogen-bond donors (Lipinski definition) is 2. The van der Waals surface area contributed by atoms with Gasteiger partial charge in [-0.25, -0.2) is 0 Å². The summed E-state index contributed by atoms with van der Waals surface area (Å²) in [6.07, 6.45) is 1.68. The van der Waals surface area contributed by atoms with Crippen molar-refractivity contribution in [1.82, 2.24) is 0 Å². The summed E-state index contributed by atoms with van der Waals surface area (Å²) in [5, 5.41) is 13.8. The number of nitrogens with zero attached hydrogens (tertiary/aromatic N) is 1. The Balaban J connectivity index is 1.94. The van der Waals surface area contributed by atoms with E-state index in [0.717, 1.165) is 16.2 Å². The third-order valence-electron chi connectivity index (χ3n) is 3.94. The van der Waals surface area contributed by atoms with Gasteiger partial charge in [-0.2, -0.15) is 0 Å². The number of quaternary nitrogens is 1. The zero-order chi connectivity index (χ0) is 20.5. The predicted octanol–water partition coefficient (Wildman–Crippen LogP) is 1.82. The summed E-state index contributed by atoms with van der Waals surface area (Å²) in [7, 11) is 3.30. The Morgan fingerprint density at radius 2 is 1.93 bits per heavy atom. The van der Waals surface area contributed by atoms with Gasteiger partial charge in [0.15, 0.2) is 6.54 Å². The number of nitrogens with one attached hydrogen (secondary N) is 2. The quantitative estimate of drug-likeness (QED) is 0.369. The lowest BCUT2D eigenvalue weighted by Crippen LogP contribution is -3.08. The number of rotatable bonds is 10. The Morgan fingerprint density at radius 1 is 1.25 bits per heavy atom. The van der Waals surface area contributed by atoms with E-state index < -0.39 is 4.92 Å². The smallest absolute Gasteiger partial charge is 0.296 e. The highest BCUT2D eigenvalue weighted by molar-refractivity contribution is 5.93. The highest BCUT2D eigenvalue weighted by Gasteiger charge is 2.19. The van der Waals surface area contributed by atoms with Crippen LogP contribution in [-0.2, 0) is 11.3 Å². The maximum atomic E-state index is 12.3. The van der Waals surface area contributed by atoms with Crippen molar-refractivity contribution in [2.24, 2.45) is 0 Å². The molecule has 0 aromatic heterocycles. The molecule has 2 rings (SSSR count). The van der Waals surface area contributed by atoms with Crippen LogP contribution in [0.2, 0.25) is 0 Å². The lowest BCUT2D eigenvalue weighted by atomic mass is 10.2. The third kappa shape index (κ3) is 6.10. The first-order valence-corrected chi connectivity index (χ1v) is 8.69. The minimum atomic E-state index is -0.551. The van der Waals surface area contributed by atoms with E-state index in [4.69, 9.17) is 9.47 Å². The van der Waals surface area contributed by atoms with Gasteiger partial charge < -0.3 is 19.7 Å². The summed E-state index contributed by atoms with van der Waals surface area (Å²) in [6.45, 7) is 4.84. The SMILES string of the molecule is C=CCOc1ccc(C[NH+](C)CC(=O)Nc2ccc(OC)cc2[N+](=O)[O-])cc1. The molecule has 0 aliphatic heterocycles. The Hall–Kier alpha value is -3.39. The Kier molecular flexibility index (Phi) is 7.53. The molecule has 1 atom stereocenters. The molecular weight excluding hydrogens is 362 g/mol. The molecule has 0 aliphatic rings. The molecule has 148 valence electrons. The summed E-state index contributed by atoms with van der Waals surface area (Å²) >= 11 is 0. The number of carbonyl (C=O) groups excluding carboxylic acids is 1. The summed E-state index contributed by atoms with van der Waals surface area (Å²) in [5.41, 5.74) is 0.986. The van der Waals surface area contributed by atoms with Crippen LogP contribution < -0.4 is 19.7 Å². The van der Waals surface area contributed by atoms with Crippen molar-refractivity contribution in [1.29, 1.82) is 0 Å². The van der Waals surface area contributed by atoms with Crippen LogP contribution in [0, 0.1) is 10.1 Å². The van der Waals surface area contributed by atoms with Crippen LogP contribution in [0.25, 0.3) is 0 Å². The second-order valence-electron chi connectivity index (χ2n) is 6.24. The molecule has 2 N–H and O–H groups in total. The number of carbonyl (C=O) groups is 1. The van der Waals surface area contributed by atoms with Crippen LogP contribution in [0.4, 0.5) is 11.4 Å². The molecule has 8 heteroatoms. The van der Waals surface area contributed by atoms with Crippen LogP contribution in [0.15, 0.2) is 55.1 Å². The van der Waals surface area contributed by atoms with E-state index >= 15 is 0 Å². The van der Waals surface area contributed by atoms with Gasteiger partial charge >= 0.3 is 0 Å². The average molecular weight is 386 g/mol. The van der Waals surface area contributed by atoms with Crippen molar-refractivity contribution in [3.63, 3.8) is 0 Å². The Morgan fingerprint density at radius 3 is 2.54 bits per heavy atom. The van der Waals surface area contributed by atoms with Gasteiger partial charge in [-0.05, 0) is 36.4 Å². The molecule has 0 spiro atoms. The van der Waals surface area contributed by atoms with Gasteiger partial charge in [0.05, 0.1) is 25.1 Å². The number of benzene rings is 2. The zero-order valence-electron chi connectivity index (χ0n) is 15.9. The van der Waals surface area contributed by atoms with Crippen LogP contribution in [-0.4, -0.2) is 38.1 Å². The van der Waals surface area contributed by atoms with Crippen LogP contribution >= 0.6 is 0 Å². The summed E-state index contributed by atoms with van der Waals surface area (Å²) in [5.74, 6) is 0.801. The standard InChI is InChI=1S/C20H23N3O5/c1-4-11-28-16-7-5-15(6-8-16)13-22(2)14-20(24)21-18-10-9-17(27-3)12-19(18)23(25)26/h4-10,12H,1,11,13-14H2,2-3H3,(H,21,24)/p+1. The minimum absolute atomic E-state index is 0.146. The first-order valence-electron chi connectivity index (χ1n) is 8.69. The maximum absolute atomic E-state index is 12.3. The number of amides is 1. The topological polar surface area (TPSA) is 95.1 Å². The normalized spacial score (nSPS) is 11.4. The third-order valence-corrected chi connectivity index (χ3v) is 3.94. The van der Waals surface area contributed by atoms with Crippen molar-refractivity contribution in [2.45, 2.75) is 6.54 Å². The van der Waals surface area contributed by atoms with Gasteiger partial charge in [0.1, 0.15) is 30.3 Å². The van der Waals surface area contributed by atoms with Gasteiger partial charge in [0.2, 0.25) is 0 Å². The fourth-order valence-electron chi connectivity index (χ4n) is 2.63. The van der Waals surface area contributed by atoms with Gasteiger partial charge in [-0.1, -0.05) is 12.7 Å². The van der Waals surface area contributed by atoms with E-state index in [-0.39, 0.29) is 23.8 Å². The summed E-state index contributed by atoms with van der Waals surface area (Å²) < 4.78 is 10.4. The highest BCUT2D eigenvalue weighted by Crippen LogP contribution is 2.28. The fraction of sp³-hybridized carbons (Fsp3) is 0.250. The molecule has 0 saturated heterocycles. The van der Waals surface area contributed by atoms with Crippen molar-refractivity contribution in [3.8, 4) is 11.5 Å². The second kappa shape index (κ2) is 10.1. The Labute approximate surface area is 163 Å². The number of nitro benzene ring substituents is 1. The van der Waals surface area contributed by atoms with E-state index in [9.17, 15) is 14.9 Å². The fourth-order valence-corrected chi connectivity index (χ4v) is 2.63. The van der Waals surface area contributed by atoms with Crippen molar-refractivity contribution < 1.29 is 24.1 Å². The largest absolute Gasteiger partial charge is 0.496 e. The monoisotopic (exact) mass is 386 g/mol. The zero-order valence-corrected chi connectivity index (χ0v) is 15.9. The van der Waals surface area contributed by atoms with Gasteiger partial charge in [-0.3, -0.25) is 14.9 Å². The first kappa shape index (κ1) is 20.9. The number of anilines is 1. The van der Waals surface area contributed by atoms with Crippen molar-refractivity contribution in [3.05, 3.63) is 70.8 Å². The molecule has 8 nitrogen and oxygen atoms in total. The van der Waals surface area contributed by atoms with Gasteiger partial charge in [-0.15, -0.1) is 0 Å². The number of ether oxygens (including phenoxy) is 2. The second-order valence-corrected chi connectivity index (χ2v) is 6.24. The van der Waals surface area contributed by atoms with E-state index in [0.29, 0.717) is 18.9 Å². The Bertz CT molecular complexity index is 836. The molecule has 0 heterocycles. The van der Waals surface area contributed by atoms with Crippen molar-refractivity contribution >= 4 is 17.3 Å².